The molecule has 0 unspecified atom stereocenters. The minimum atomic E-state index is -0.0964. The summed E-state index contributed by atoms with van der Waals surface area (Å²) in [6.45, 7) is 0. The van der Waals surface area contributed by atoms with Crippen LogP contribution in [0.15, 0.2) is 35.3 Å². The quantitative estimate of drug-likeness (QED) is 0.789. The first kappa shape index (κ1) is 9.33. The molecule has 3 heteroatoms. The van der Waals surface area contributed by atoms with E-state index in [1.54, 1.807) is 6.20 Å². The molecule has 2 aromatic heterocycles. The van der Waals surface area contributed by atoms with Crippen molar-refractivity contribution in [2.75, 3.05) is 0 Å². The number of allylic oxidation sites excluding steroid dienone is 2. The highest BCUT2D eigenvalue weighted by Crippen LogP contribution is 2.26. The molecular formula is C13H12N2O. The van der Waals surface area contributed by atoms with Crippen LogP contribution in [0.25, 0.3) is 16.5 Å². The molecule has 1 aliphatic rings. The molecule has 0 aliphatic heterocycles. The van der Waals surface area contributed by atoms with Crippen molar-refractivity contribution in [1.82, 2.24) is 9.97 Å². The fraction of sp³-hybridized carbons (Fsp3) is 0.231. The lowest BCUT2D eigenvalue weighted by Crippen LogP contribution is -2.09. The Labute approximate surface area is 92.8 Å². The topological polar surface area (TPSA) is 45.8 Å². The Hall–Kier alpha value is -1.90. The van der Waals surface area contributed by atoms with Gasteiger partial charge in [-0.15, -0.1) is 0 Å². The van der Waals surface area contributed by atoms with Gasteiger partial charge < -0.3 is 4.98 Å². The summed E-state index contributed by atoms with van der Waals surface area (Å²) in [6, 6.07) is 5.80. The Morgan fingerprint density at radius 2 is 2.31 bits per heavy atom. The fourth-order valence-electron chi connectivity index (χ4n) is 2.19. The first-order chi connectivity index (χ1) is 7.84. The number of hydrogen-bond acceptors (Lipinski definition) is 2. The van der Waals surface area contributed by atoms with Crippen molar-refractivity contribution in [2.24, 2.45) is 0 Å². The summed E-state index contributed by atoms with van der Waals surface area (Å²) in [4.78, 5) is 18.8. The maximum atomic E-state index is 11.8. The predicted octanol–water partition coefficient (Wildman–Crippen LogP) is 2.49. The highest BCUT2D eigenvalue weighted by Gasteiger charge is 2.09. The number of H-pyrrole nitrogens is 1. The van der Waals surface area contributed by atoms with Gasteiger partial charge in [-0.2, -0.15) is 0 Å². The van der Waals surface area contributed by atoms with Gasteiger partial charge >= 0.3 is 0 Å². The molecule has 3 rings (SSSR count). The van der Waals surface area contributed by atoms with Gasteiger partial charge in [0.1, 0.15) is 5.52 Å². The minimum absolute atomic E-state index is 0.0964. The van der Waals surface area contributed by atoms with Crippen LogP contribution < -0.4 is 5.56 Å². The highest BCUT2D eigenvalue weighted by atomic mass is 16.1. The summed E-state index contributed by atoms with van der Waals surface area (Å²) in [5, 5.41) is 0.911. The molecule has 0 fully saturated rings. The first-order valence-electron chi connectivity index (χ1n) is 5.52. The van der Waals surface area contributed by atoms with Gasteiger partial charge in [0.2, 0.25) is 0 Å². The van der Waals surface area contributed by atoms with Gasteiger partial charge in [-0.25, -0.2) is 0 Å². The summed E-state index contributed by atoms with van der Waals surface area (Å²) in [5.41, 5.74) is 2.62. The fourth-order valence-corrected chi connectivity index (χ4v) is 2.19. The van der Waals surface area contributed by atoms with Crippen LogP contribution in [0.1, 0.15) is 25.0 Å². The Bertz CT molecular complexity index is 625. The molecule has 0 saturated heterocycles. The molecule has 16 heavy (non-hydrogen) atoms. The average molecular weight is 212 g/mol. The van der Waals surface area contributed by atoms with Gasteiger partial charge in [0.05, 0.1) is 0 Å². The Morgan fingerprint density at radius 3 is 3.12 bits per heavy atom. The summed E-state index contributed by atoms with van der Waals surface area (Å²) >= 11 is 0. The SMILES string of the molecule is O=c1[nH]c(C2=CCCC2)cc2cccnc12. The van der Waals surface area contributed by atoms with Crippen molar-refractivity contribution in [3.63, 3.8) is 0 Å². The largest absolute Gasteiger partial charge is 0.320 e. The van der Waals surface area contributed by atoms with Crippen molar-refractivity contribution in [1.29, 1.82) is 0 Å². The third kappa shape index (κ3) is 1.45. The van der Waals surface area contributed by atoms with Gasteiger partial charge in [0, 0.05) is 17.3 Å². The van der Waals surface area contributed by atoms with Crippen LogP contribution in [-0.2, 0) is 0 Å². The van der Waals surface area contributed by atoms with E-state index in [4.69, 9.17) is 0 Å². The summed E-state index contributed by atoms with van der Waals surface area (Å²) in [6.07, 6.45) is 7.20. The van der Waals surface area contributed by atoms with E-state index in [-0.39, 0.29) is 5.56 Å². The molecule has 0 bridgehead atoms. The van der Waals surface area contributed by atoms with Gasteiger partial charge in [0.25, 0.3) is 5.56 Å². The van der Waals surface area contributed by atoms with E-state index in [2.05, 4.69) is 16.0 Å². The molecule has 0 aromatic carbocycles. The smallest absolute Gasteiger partial charge is 0.274 e. The lowest BCUT2D eigenvalue weighted by Gasteiger charge is -2.03. The van der Waals surface area contributed by atoms with Gasteiger partial charge in [-0.1, -0.05) is 12.1 Å². The molecule has 0 amide bonds. The molecule has 2 heterocycles. The van der Waals surface area contributed by atoms with E-state index in [0.717, 1.165) is 23.9 Å². The number of aromatic nitrogens is 2. The summed E-state index contributed by atoms with van der Waals surface area (Å²) in [5.74, 6) is 0. The molecular weight excluding hydrogens is 200 g/mol. The number of aromatic amines is 1. The maximum Gasteiger partial charge on any atom is 0.274 e. The third-order valence-electron chi connectivity index (χ3n) is 2.99. The Balaban J connectivity index is 2.25. The second kappa shape index (κ2) is 3.59. The van der Waals surface area contributed by atoms with Crippen molar-refractivity contribution < 1.29 is 0 Å². The van der Waals surface area contributed by atoms with Crippen LogP contribution in [-0.4, -0.2) is 9.97 Å². The van der Waals surface area contributed by atoms with E-state index < -0.39 is 0 Å². The lowest BCUT2D eigenvalue weighted by molar-refractivity contribution is 0.932. The molecule has 0 atom stereocenters. The van der Waals surface area contributed by atoms with Gasteiger partial charge in [-0.05, 0) is 37.0 Å². The molecule has 3 nitrogen and oxygen atoms in total. The standard InChI is InChI=1S/C13H12N2O/c16-13-12-10(6-3-7-14-12)8-11(15-13)9-4-1-2-5-9/h3-4,6-8H,1-2,5H2,(H,15,16). The molecule has 0 spiro atoms. The van der Waals surface area contributed by atoms with Crippen LogP contribution in [0.2, 0.25) is 0 Å². The normalized spacial score (nSPS) is 15.4. The number of hydrogen-bond donors (Lipinski definition) is 1. The summed E-state index contributed by atoms with van der Waals surface area (Å²) in [7, 11) is 0. The molecule has 0 saturated carbocycles. The van der Waals surface area contributed by atoms with E-state index >= 15 is 0 Å². The van der Waals surface area contributed by atoms with Crippen LogP contribution in [0.3, 0.4) is 0 Å². The van der Waals surface area contributed by atoms with Crippen molar-refractivity contribution in [3.8, 4) is 0 Å². The zero-order valence-corrected chi connectivity index (χ0v) is 8.86. The van der Waals surface area contributed by atoms with Crippen molar-refractivity contribution in [3.05, 3.63) is 46.5 Å². The second-order valence-corrected chi connectivity index (χ2v) is 4.07. The van der Waals surface area contributed by atoms with Gasteiger partial charge in [-0.3, -0.25) is 9.78 Å². The van der Waals surface area contributed by atoms with Crippen molar-refractivity contribution in [2.45, 2.75) is 19.3 Å². The monoisotopic (exact) mass is 212 g/mol. The molecule has 1 N–H and O–H groups in total. The zero-order valence-electron chi connectivity index (χ0n) is 8.86. The number of pyridine rings is 2. The average Bonchev–Trinajstić information content (AvgIpc) is 2.82. The molecule has 0 radical (unpaired) electrons. The minimum Gasteiger partial charge on any atom is -0.320 e. The Kier molecular flexibility index (Phi) is 2.10. The first-order valence-corrected chi connectivity index (χ1v) is 5.52. The lowest BCUT2D eigenvalue weighted by atomic mass is 10.1. The van der Waals surface area contributed by atoms with Crippen LogP contribution in [0, 0.1) is 0 Å². The Morgan fingerprint density at radius 1 is 1.38 bits per heavy atom. The second-order valence-electron chi connectivity index (χ2n) is 4.07. The molecule has 1 aliphatic carbocycles. The van der Waals surface area contributed by atoms with Crippen LogP contribution in [0.5, 0.6) is 0 Å². The summed E-state index contributed by atoms with van der Waals surface area (Å²) < 4.78 is 0. The van der Waals surface area contributed by atoms with Gasteiger partial charge in [0.15, 0.2) is 0 Å². The zero-order chi connectivity index (χ0) is 11.0. The van der Waals surface area contributed by atoms with Crippen LogP contribution >= 0.6 is 0 Å². The highest BCUT2D eigenvalue weighted by molar-refractivity contribution is 5.81. The van der Waals surface area contributed by atoms with Crippen molar-refractivity contribution >= 4 is 16.5 Å². The number of nitrogens with zero attached hydrogens (tertiary/aromatic N) is 1. The van der Waals surface area contributed by atoms with E-state index in [9.17, 15) is 4.79 Å². The van der Waals surface area contributed by atoms with E-state index in [1.165, 1.54) is 12.0 Å². The third-order valence-corrected chi connectivity index (χ3v) is 2.99. The van der Waals surface area contributed by atoms with E-state index in [1.807, 2.05) is 18.2 Å². The molecule has 80 valence electrons. The number of fused-ring (bicyclic) bond motifs is 1. The predicted molar refractivity (Wildman–Crippen MR) is 64.2 cm³/mol. The van der Waals surface area contributed by atoms with Crippen LogP contribution in [0.4, 0.5) is 0 Å². The maximum absolute atomic E-state index is 11.8. The van der Waals surface area contributed by atoms with E-state index in [0.29, 0.717) is 5.52 Å². The number of rotatable bonds is 1. The molecule has 2 aromatic rings. The number of nitrogens with one attached hydrogen (secondary N) is 1.